The van der Waals surface area contributed by atoms with Crippen LogP contribution in [0.25, 0.3) is 0 Å². The molecule has 0 fully saturated rings. The van der Waals surface area contributed by atoms with Crippen LogP contribution < -0.4 is 15.8 Å². The molecule has 0 aromatic heterocycles. The van der Waals surface area contributed by atoms with Crippen molar-refractivity contribution in [3.63, 3.8) is 0 Å². The number of hydrogen-bond acceptors (Lipinski definition) is 4. The molecule has 0 heterocycles. The zero-order valence-corrected chi connectivity index (χ0v) is 12.4. The lowest BCUT2D eigenvalue weighted by Gasteiger charge is -2.06. The number of nitrogens with two attached hydrogens (primary N) is 1. The highest BCUT2D eigenvalue weighted by atomic mass is 32.2. The highest BCUT2D eigenvalue weighted by Crippen LogP contribution is 2.08. The normalized spacial score (nSPS) is 11.2. The molecule has 4 N–H and O–H groups in total. The summed E-state index contributed by atoms with van der Waals surface area (Å²) in [7, 11) is -3.15. The Morgan fingerprint density at radius 3 is 2.70 bits per heavy atom. The number of nitrogens with one attached hydrogen (secondary N) is 2. The van der Waals surface area contributed by atoms with Gasteiger partial charge in [0.05, 0.1) is 6.26 Å². The number of nitrogen functional groups attached to an aromatic ring is 1. The third kappa shape index (κ3) is 7.75. The van der Waals surface area contributed by atoms with Crippen LogP contribution in [0.1, 0.15) is 18.4 Å². The Bertz CT molecular complexity index is 544. The van der Waals surface area contributed by atoms with Gasteiger partial charge in [0.25, 0.3) is 0 Å². The summed E-state index contributed by atoms with van der Waals surface area (Å²) in [6.07, 6.45) is 2.70. The number of hydrogen-bond donors (Lipinski definition) is 3. The van der Waals surface area contributed by atoms with Crippen LogP contribution in [0.15, 0.2) is 24.3 Å². The quantitative estimate of drug-likeness (QED) is 0.473. The van der Waals surface area contributed by atoms with E-state index in [1.807, 2.05) is 18.2 Å². The van der Waals surface area contributed by atoms with Gasteiger partial charge in [-0.05, 0) is 30.5 Å². The van der Waals surface area contributed by atoms with Crippen molar-refractivity contribution in [3.8, 4) is 0 Å². The fraction of sp³-hybridized carbons (Fsp3) is 0.462. The number of carbonyl (C=O) groups excluding carboxylic acids is 1. The Labute approximate surface area is 119 Å². The van der Waals surface area contributed by atoms with E-state index in [9.17, 15) is 13.2 Å². The van der Waals surface area contributed by atoms with Gasteiger partial charge >= 0.3 is 0 Å². The zero-order valence-electron chi connectivity index (χ0n) is 11.6. The minimum Gasteiger partial charge on any atom is -0.399 e. The van der Waals surface area contributed by atoms with Gasteiger partial charge in [0, 0.05) is 25.2 Å². The Morgan fingerprint density at radius 2 is 2.05 bits per heavy atom. The molecular weight excluding hydrogens is 278 g/mol. The third-order valence-corrected chi connectivity index (χ3v) is 3.36. The van der Waals surface area contributed by atoms with Gasteiger partial charge in [-0.2, -0.15) is 0 Å². The number of amides is 1. The van der Waals surface area contributed by atoms with E-state index in [0.717, 1.165) is 11.8 Å². The molecule has 0 unspecified atom stereocenters. The van der Waals surface area contributed by atoms with Gasteiger partial charge in [0.2, 0.25) is 15.9 Å². The summed E-state index contributed by atoms with van der Waals surface area (Å²) >= 11 is 0. The summed E-state index contributed by atoms with van der Waals surface area (Å²) in [5.74, 6) is -0.0493. The van der Waals surface area contributed by atoms with Gasteiger partial charge < -0.3 is 11.1 Å². The minimum atomic E-state index is -3.15. The van der Waals surface area contributed by atoms with Crippen molar-refractivity contribution in [2.24, 2.45) is 0 Å². The van der Waals surface area contributed by atoms with Crippen LogP contribution in [0.2, 0.25) is 0 Å². The molecule has 0 saturated carbocycles. The van der Waals surface area contributed by atoms with Crippen LogP contribution in [0.4, 0.5) is 5.69 Å². The molecule has 0 atom stereocenters. The highest BCUT2D eigenvalue weighted by molar-refractivity contribution is 7.88. The fourth-order valence-electron chi connectivity index (χ4n) is 1.67. The number of benzene rings is 1. The molecule has 0 radical (unpaired) electrons. The van der Waals surface area contributed by atoms with Crippen LogP contribution >= 0.6 is 0 Å². The summed E-state index contributed by atoms with van der Waals surface area (Å²) in [6.45, 7) is 0.784. The average Bonchev–Trinajstić information content (AvgIpc) is 2.35. The molecule has 0 spiro atoms. The maximum atomic E-state index is 11.6. The topological polar surface area (TPSA) is 101 Å². The molecule has 20 heavy (non-hydrogen) atoms. The number of aryl methyl sites for hydroxylation is 1. The predicted octanol–water partition coefficient (Wildman–Crippen LogP) is 0.257. The number of sulfonamides is 1. The van der Waals surface area contributed by atoms with E-state index in [-0.39, 0.29) is 5.91 Å². The molecule has 0 saturated heterocycles. The van der Waals surface area contributed by atoms with E-state index < -0.39 is 10.0 Å². The van der Waals surface area contributed by atoms with E-state index in [0.29, 0.717) is 38.0 Å². The molecule has 1 aromatic rings. The molecular formula is C13H21N3O3S. The molecule has 1 rings (SSSR count). The van der Waals surface area contributed by atoms with Gasteiger partial charge in [-0.25, -0.2) is 13.1 Å². The summed E-state index contributed by atoms with van der Waals surface area (Å²) in [5.41, 5.74) is 7.37. The molecule has 0 bridgehead atoms. The standard InChI is InChI=1S/C13H21N3O3S/c1-20(18,19)16-9-3-8-15-13(17)7-6-11-4-2-5-12(14)10-11/h2,4-5,10,16H,3,6-9,14H2,1H3,(H,15,17). The largest absolute Gasteiger partial charge is 0.399 e. The van der Waals surface area contributed by atoms with Crippen molar-refractivity contribution in [1.29, 1.82) is 0 Å². The van der Waals surface area contributed by atoms with Gasteiger partial charge in [-0.1, -0.05) is 12.1 Å². The van der Waals surface area contributed by atoms with E-state index in [2.05, 4.69) is 10.0 Å². The Morgan fingerprint density at radius 1 is 1.30 bits per heavy atom. The molecule has 0 aliphatic heterocycles. The predicted molar refractivity (Wildman–Crippen MR) is 79.6 cm³/mol. The lowest BCUT2D eigenvalue weighted by Crippen LogP contribution is -2.29. The maximum Gasteiger partial charge on any atom is 0.220 e. The number of carbonyl (C=O) groups is 1. The van der Waals surface area contributed by atoms with Crippen molar-refractivity contribution in [2.75, 3.05) is 25.1 Å². The van der Waals surface area contributed by atoms with Crippen molar-refractivity contribution in [1.82, 2.24) is 10.0 Å². The lowest BCUT2D eigenvalue weighted by molar-refractivity contribution is -0.121. The Kier molecular flexibility index (Phi) is 6.47. The first-order valence-corrected chi connectivity index (χ1v) is 8.32. The molecule has 1 aromatic carbocycles. The van der Waals surface area contributed by atoms with Crippen LogP contribution in [-0.4, -0.2) is 33.7 Å². The fourth-order valence-corrected chi connectivity index (χ4v) is 2.18. The van der Waals surface area contributed by atoms with Crippen molar-refractivity contribution < 1.29 is 13.2 Å². The molecule has 1 amide bonds. The average molecular weight is 299 g/mol. The van der Waals surface area contributed by atoms with E-state index in [1.165, 1.54) is 0 Å². The molecule has 7 heteroatoms. The van der Waals surface area contributed by atoms with Gasteiger partial charge in [-0.15, -0.1) is 0 Å². The highest BCUT2D eigenvalue weighted by Gasteiger charge is 2.03. The summed E-state index contributed by atoms with van der Waals surface area (Å²) in [6, 6.07) is 7.45. The second-order valence-electron chi connectivity index (χ2n) is 4.62. The maximum absolute atomic E-state index is 11.6. The lowest BCUT2D eigenvalue weighted by atomic mass is 10.1. The molecule has 0 aliphatic carbocycles. The monoisotopic (exact) mass is 299 g/mol. The van der Waals surface area contributed by atoms with E-state index in [4.69, 9.17) is 5.73 Å². The minimum absolute atomic E-state index is 0.0493. The summed E-state index contributed by atoms with van der Waals surface area (Å²) in [4.78, 5) is 11.6. The second-order valence-corrected chi connectivity index (χ2v) is 6.45. The molecule has 112 valence electrons. The zero-order chi connectivity index (χ0) is 15.0. The van der Waals surface area contributed by atoms with E-state index in [1.54, 1.807) is 6.07 Å². The smallest absolute Gasteiger partial charge is 0.220 e. The first-order valence-electron chi connectivity index (χ1n) is 6.42. The third-order valence-electron chi connectivity index (χ3n) is 2.63. The van der Waals surface area contributed by atoms with Crippen LogP contribution in [0.5, 0.6) is 0 Å². The van der Waals surface area contributed by atoms with Crippen LogP contribution in [0.3, 0.4) is 0 Å². The Hall–Kier alpha value is -1.60. The Balaban J connectivity index is 2.15. The SMILES string of the molecule is CS(=O)(=O)NCCCNC(=O)CCc1cccc(N)c1. The summed E-state index contributed by atoms with van der Waals surface area (Å²) in [5, 5.41) is 2.75. The first-order chi connectivity index (χ1) is 9.37. The van der Waals surface area contributed by atoms with Gasteiger partial charge in [0.1, 0.15) is 0 Å². The first kappa shape index (κ1) is 16.5. The van der Waals surface area contributed by atoms with Crippen molar-refractivity contribution >= 4 is 21.6 Å². The number of anilines is 1. The van der Waals surface area contributed by atoms with Crippen molar-refractivity contribution in [3.05, 3.63) is 29.8 Å². The molecule has 0 aliphatic rings. The second kappa shape index (κ2) is 7.86. The van der Waals surface area contributed by atoms with Crippen LogP contribution in [0, 0.1) is 0 Å². The summed E-state index contributed by atoms with van der Waals surface area (Å²) < 4.78 is 24.0. The van der Waals surface area contributed by atoms with E-state index >= 15 is 0 Å². The molecule has 6 nitrogen and oxygen atoms in total. The van der Waals surface area contributed by atoms with Gasteiger partial charge in [0.15, 0.2) is 0 Å². The van der Waals surface area contributed by atoms with Gasteiger partial charge in [-0.3, -0.25) is 4.79 Å². The van der Waals surface area contributed by atoms with Crippen molar-refractivity contribution in [2.45, 2.75) is 19.3 Å². The van der Waals surface area contributed by atoms with Crippen LogP contribution in [-0.2, 0) is 21.2 Å². The number of rotatable bonds is 8.